The largest absolute Gasteiger partial charge is 0.461 e. The van der Waals surface area contributed by atoms with Gasteiger partial charge in [0.1, 0.15) is 0 Å². The first-order valence-electron chi connectivity index (χ1n) is 8.94. The Bertz CT molecular complexity index is 828. The van der Waals surface area contributed by atoms with Gasteiger partial charge in [-0.25, -0.2) is 0 Å². The quantitative estimate of drug-likeness (QED) is 0.578. The van der Waals surface area contributed by atoms with Crippen molar-refractivity contribution in [2.24, 2.45) is 0 Å². The third kappa shape index (κ3) is 5.52. The monoisotopic (exact) mass is 368 g/mol. The average molecular weight is 368 g/mol. The smallest absolute Gasteiger partial charge is 0.238 e. The summed E-state index contributed by atoms with van der Waals surface area (Å²) in [7, 11) is 4.00. The molecule has 0 radical (unpaired) electrons. The molecule has 27 heavy (non-hydrogen) atoms. The predicted octanol–water partition coefficient (Wildman–Crippen LogP) is 2.85. The van der Waals surface area contributed by atoms with E-state index >= 15 is 0 Å². The number of nitrogens with zero attached hydrogens (tertiary/aromatic N) is 4. The summed E-state index contributed by atoms with van der Waals surface area (Å²) in [5.41, 5.74) is 1.11. The Morgan fingerprint density at radius 3 is 2.59 bits per heavy atom. The highest BCUT2D eigenvalue weighted by Gasteiger charge is 2.17. The van der Waals surface area contributed by atoms with Gasteiger partial charge in [-0.2, -0.15) is 4.98 Å². The molecule has 0 fully saturated rings. The van der Waals surface area contributed by atoms with Gasteiger partial charge in [0.25, 0.3) is 0 Å². The molecule has 2 aromatic heterocycles. The number of furan rings is 1. The van der Waals surface area contributed by atoms with Crippen LogP contribution in [0.2, 0.25) is 0 Å². The van der Waals surface area contributed by atoms with Crippen LogP contribution in [0.3, 0.4) is 0 Å². The fraction of sp³-hybridized carbons (Fsp3) is 0.350. The highest BCUT2D eigenvalue weighted by Crippen LogP contribution is 2.16. The van der Waals surface area contributed by atoms with Crippen molar-refractivity contribution in [3.63, 3.8) is 0 Å². The molecule has 7 nitrogen and oxygen atoms in total. The molecule has 0 aliphatic heterocycles. The molecule has 0 N–H and O–H groups in total. The van der Waals surface area contributed by atoms with Crippen LogP contribution in [0.25, 0.3) is 11.6 Å². The lowest BCUT2D eigenvalue weighted by atomic mass is 10.2. The van der Waals surface area contributed by atoms with E-state index in [0.717, 1.165) is 12.1 Å². The fourth-order valence-electron chi connectivity index (χ4n) is 2.65. The highest BCUT2D eigenvalue weighted by molar-refractivity contribution is 5.76. The van der Waals surface area contributed by atoms with E-state index in [-0.39, 0.29) is 5.91 Å². The first kappa shape index (κ1) is 18.8. The molecule has 2 heterocycles. The van der Waals surface area contributed by atoms with E-state index in [1.165, 1.54) is 0 Å². The van der Waals surface area contributed by atoms with Crippen molar-refractivity contribution in [1.82, 2.24) is 19.9 Å². The number of carbonyl (C=O) groups is 1. The highest BCUT2D eigenvalue weighted by atomic mass is 16.5. The summed E-state index contributed by atoms with van der Waals surface area (Å²) in [6.45, 7) is 2.07. The van der Waals surface area contributed by atoms with Crippen LogP contribution in [0.1, 0.15) is 17.9 Å². The van der Waals surface area contributed by atoms with Gasteiger partial charge in [0.15, 0.2) is 5.76 Å². The third-order valence-corrected chi connectivity index (χ3v) is 4.15. The minimum Gasteiger partial charge on any atom is -0.461 e. The van der Waals surface area contributed by atoms with Crippen molar-refractivity contribution in [1.29, 1.82) is 0 Å². The van der Waals surface area contributed by atoms with Gasteiger partial charge >= 0.3 is 0 Å². The Kier molecular flexibility index (Phi) is 6.38. The predicted molar refractivity (Wildman–Crippen MR) is 101 cm³/mol. The van der Waals surface area contributed by atoms with E-state index in [0.29, 0.717) is 43.4 Å². The number of likely N-dealkylation sites (N-methyl/N-ethyl adjacent to an activating group) is 1. The normalized spacial score (nSPS) is 11.1. The van der Waals surface area contributed by atoms with Gasteiger partial charge < -0.3 is 18.7 Å². The number of carbonyl (C=O) groups excluding carboxylic acids is 1. The van der Waals surface area contributed by atoms with E-state index in [4.69, 9.17) is 8.94 Å². The second kappa shape index (κ2) is 9.14. The van der Waals surface area contributed by atoms with Gasteiger partial charge in [-0.3, -0.25) is 4.79 Å². The van der Waals surface area contributed by atoms with Gasteiger partial charge in [-0.15, -0.1) is 0 Å². The standard InChI is InChI=1S/C20H24N4O3/c1-23(2)12-13-24(15-16-7-4-3-5-8-16)19(25)11-10-18-21-20(22-27-18)17-9-6-14-26-17/h3-9,14H,10-13,15H2,1-2H3. The molecule has 3 aromatic rings. The zero-order chi connectivity index (χ0) is 19.1. The number of hydrogen-bond donors (Lipinski definition) is 0. The molecule has 0 aliphatic carbocycles. The summed E-state index contributed by atoms with van der Waals surface area (Å²) in [4.78, 5) is 21.0. The maximum absolute atomic E-state index is 12.8. The maximum Gasteiger partial charge on any atom is 0.238 e. The summed E-state index contributed by atoms with van der Waals surface area (Å²) in [5.74, 6) is 1.45. The van der Waals surface area contributed by atoms with E-state index in [9.17, 15) is 4.79 Å². The lowest BCUT2D eigenvalue weighted by Crippen LogP contribution is -2.36. The van der Waals surface area contributed by atoms with E-state index in [1.54, 1.807) is 18.4 Å². The SMILES string of the molecule is CN(C)CCN(Cc1ccccc1)C(=O)CCc1nc(-c2ccco2)no1. The number of amides is 1. The lowest BCUT2D eigenvalue weighted by molar-refractivity contribution is -0.132. The van der Waals surface area contributed by atoms with Crippen molar-refractivity contribution in [2.45, 2.75) is 19.4 Å². The van der Waals surface area contributed by atoms with Gasteiger partial charge in [0.05, 0.1) is 6.26 Å². The van der Waals surface area contributed by atoms with E-state index in [1.807, 2.05) is 49.3 Å². The fourth-order valence-corrected chi connectivity index (χ4v) is 2.65. The maximum atomic E-state index is 12.8. The van der Waals surface area contributed by atoms with Gasteiger partial charge in [-0.1, -0.05) is 35.5 Å². The molecular formula is C20H24N4O3. The molecule has 0 aliphatic rings. The summed E-state index contributed by atoms with van der Waals surface area (Å²) in [6.07, 6.45) is 2.28. The van der Waals surface area contributed by atoms with Crippen molar-refractivity contribution in [2.75, 3.05) is 27.2 Å². The van der Waals surface area contributed by atoms with Crippen LogP contribution in [0.15, 0.2) is 57.7 Å². The topological polar surface area (TPSA) is 75.6 Å². The summed E-state index contributed by atoms with van der Waals surface area (Å²) in [5, 5.41) is 3.90. The molecule has 142 valence electrons. The minimum absolute atomic E-state index is 0.0680. The van der Waals surface area contributed by atoms with Crippen LogP contribution >= 0.6 is 0 Å². The van der Waals surface area contributed by atoms with Crippen molar-refractivity contribution < 1.29 is 13.7 Å². The molecule has 0 atom stereocenters. The minimum atomic E-state index is 0.0680. The Balaban J connectivity index is 1.59. The summed E-state index contributed by atoms with van der Waals surface area (Å²) >= 11 is 0. The third-order valence-electron chi connectivity index (χ3n) is 4.15. The Morgan fingerprint density at radius 2 is 1.89 bits per heavy atom. The van der Waals surface area contributed by atoms with E-state index in [2.05, 4.69) is 15.0 Å². The van der Waals surface area contributed by atoms with Gasteiger partial charge in [0.2, 0.25) is 17.6 Å². The van der Waals surface area contributed by atoms with Crippen molar-refractivity contribution in [3.05, 3.63) is 60.2 Å². The second-order valence-corrected chi connectivity index (χ2v) is 6.59. The second-order valence-electron chi connectivity index (χ2n) is 6.59. The lowest BCUT2D eigenvalue weighted by Gasteiger charge is -2.24. The number of rotatable bonds is 9. The number of hydrogen-bond acceptors (Lipinski definition) is 6. The molecular weight excluding hydrogens is 344 g/mol. The Labute approximate surface area is 158 Å². The summed E-state index contributed by atoms with van der Waals surface area (Å²) in [6, 6.07) is 13.5. The zero-order valence-electron chi connectivity index (χ0n) is 15.7. The van der Waals surface area contributed by atoms with Gasteiger partial charge in [-0.05, 0) is 31.8 Å². The first-order chi connectivity index (χ1) is 13.1. The Hall–Kier alpha value is -2.93. The van der Waals surface area contributed by atoms with Crippen LogP contribution in [0, 0.1) is 0 Å². The van der Waals surface area contributed by atoms with Crippen LogP contribution in [0.5, 0.6) is 0 Å². The van der Waals surface area contributed by atoms with Crippen molar-refractivity contribution >= 4 is 5.91 Å². The summed E-state index contributed by atoms with van der Waals surface area (Å²) < 4.78 is 10.5. The van der Waals surface area contributed by atoms with Crippen LogP contribution in [-0.2, 0) is 17.8 Å². The molecule has 1 aromatic carbocycles. The number of aromatic nitrogens is 2. The average Bonchev–Trinajstić information content (AvgIpc) is 3.35. The molecule has 3 rings (SSSR count). The molecule has 0 saturated heterocycles. The molecule has 7 heteroatoms. The molecule has 0 bridgehead atoms. The Morgan fingerprint density at radius 1 is 1.07 bits per heavy atom. The van der Waals surface area contributed by atoms with E-state index < -0.39 is 0 Å². The number of aryl methyl sites for hydroxylation is 1. The van der Waals surface area contributed by atoms with Crippen LogP contribution in [-0.4, -0.2) is 53.0 Å². The molecule has 0 saturated carbocycles. The molecule has 1 amide bonds. The van der Waals surface area contributed by atoms with Crippen molar-refractivity contribution in [3.8, 4) is 11.6 Å². The molecule has 0 unspecified atom stereocenters. The van der Waals surface area contributed by atoms with Crippen LogP contribution < -0.4 is 0 Å². The number of benzene rings is 1. The first-order valence-corrected chi connectivity index (χ1v) is 8.94. The molecule has 0 spiro atoms. The zero-order valence-corrected chi connectivity index (χ0v) is 15.7. The van der Waals surface area contributed by atoms with Crippen LogP contribution in [0.4, 0.5) is 0 Å². The van der Waals surface area contributed by atoms with Gasteiger partial charge in [0, 0.05) is 32.5 Å².